The summed E-state index contributed by atoms with van der Waals surface area (Å²) in [6.45, 7) is 0. The molecule has 0 radical (unpaired) electrons. The molecule has 1 heterocycles. The highest BCUT2D eigenvalue weighted by atomic mass is 35.5. The number of thiophene rings is 1. The number of ketones is 2. The molecule has 4 heteroatoms. The number of rotatable bonds is 3. The average Bonchev–Trinajstić information content (AvgIpc) is 2.68. The Bertz CT molecular complexity index is 411. The van der Waals surface area contributed by atoms with Gasteiger partial charge in [-0.25, -0.2) is 0 Å². The summed E-state index contributed by atoms with van der Waals surface area (Å²) in [5.41, 5.74) is 0. The van der Waals surface area contributed by atoms with Crippen LogP contribution in [0.5, 0.6) is 0 Å². The van der Waals surface area contributed by atoms with E-state index in [-0.39, 0.29) is 17.5 Å². The van der Waals surface area contributed by atoms with Crippen LogP contribution in [0, 0.1) is 5.92 Å². The molecule has 1 aliphatic carbocycles. The minimum Gasteiger partial charge on any atom is -0.299 e. The lowest BCUT2D eigenvalue weighted by Gasteiger charge is -2.19. The molecule has 2 rings (SSSR count). The Morgan fingerprint density at radius 3 is 2.88 bits per heavy atom. The van der Waals surface area contributed by atoms with Crippen molar-refractivity contribution in [2.45, 2.75) is 32.1 Å². The number of hydrogen-bond acceptors (Lipinski definition) is 3. The third kappa shape index (κ3) is 2.71. The third-order valence-corrected chi connectivity index (χ3v) is 4.23. The van der Waals surface area contributed by atoms with Crippen molar-refractivity contribution in [3.63, 3.8) is 0 Å². The van der Waals surface area contributed by atoms with Gasteiger partial charge < -0.3 is 0 Å². The number of carbonyl (C=O) groups excluding carboxylic acids is 2. The first-order chi connectivity index (χ1) is 7.66. The van der Waals surface area contributed by atoms with Gasteiger partial charge in [-0.05, 0) is 25.0 Å². The number of hydrogen-bond donors (Lipinski definition) is 0. The van der Waals surface area contributed by atoms with Crippen molar-refractivity contribution < 1.29 is 9.59 Å². The molecule has 1 unspecified atom stereocenters. The summed E-state index contributed by atoms with van der Waals surface area (Å²) < 4.78 is 0.623. The summed E-state index contributed by atoms with van der Waals surface area (Å²) in [5.74, 6) is 0.251. The molecule has 1 saturated carbocycles. The van der Waals surface area contributed by atoms with E-state index >= 15 is 0 Å². The minimum atomic E-state index is -0.0536. The van der Waals surface area contributed by atoms with Gasteiger partial charge in [-0.1, -0.05) is 18.0 Å². The molecule has 1 aliphatic rings. The van der Waals surface area contributed by atoms with Crippen molar-refractivity contribution in [3.05, 3.63) is 21.3 Å². The van der Waals surface area contributed by atoms with E-state index in [9.17, 15) is 9.59 Å². The Labute approximate surface area is 104 Å². The first-order valence-corrected chi connectivity index (χ1v) is 6.67. The summed E-state index contributed by atoms with van der Waals surface area (Å²) in [4.78, 5) is 24.1. The lowest BCUT2D eigenvalue weighted by Crippen LogP contribution is -2.21. The lowest BCUT2D eigenvalue weighted by atomic mass is 9.84. The first kappa shape index (κ1) is 11.8. The number of halogens is 1. The second-order valence-corrected chi connectivity index (χ2v) is 5.86. The Balaban J connectivity index is 1.99. The third-order valence-electron chi connectivity index (χ3n) is 2.96. The van der Waals surface area contributed by atoms with Crippen LogP contribution in [0.4, 0.5) is 0 Å². The second kappa shape index (κ2) is 5.11. The Kier molecular flexibility index (Phi) is 3.77. The van der Waals surface area contributed by atoms with E-state index in [4.69, 9.17) is 11.6 Å². The van der Waals surface area contributed by atoms with Gasteiger partial charge in [0.25, 0.3) is 0 Å². The predicted octanol–water partition coefficient (Wildman–Crippen LogP) is 3.73. The highest BCUT2D eigenvalue weighted by molar-refractivity contribution is 7.18. The zero-order valence-corrected chi connectivity index (χ0v) is 10.4. The summed E-state index contributed by atoms with van der Waals surface area (Å²) in [6, 6.07) is 3.46. The molecule has 0 aromatic carbocycles. The van der Waals surface area contributed by atoms with E-state index in [1.54, 1.807) is 12.1 Å². The fraction of sp³-hybridized carbons (Fsp3) is 0.500. The van der Waals surface area contributed by atoms with Crippen molar-refractivity contribution >= 4 is 34.5 Å². The normalized spacial score (nSPS) is 21.1. The molecule has 0 amide bonds. The molecule has 0 aliphatic heterocycles. The van der Waals surface area contributed by atoms with Crippen LogP contribution in [-0.4, -0.2) is 11.6 Å². The van der Waals surface area contributed by atoms with Crippen LogP contribution in [0.3, 0.4) is 0 Å². The second-order valence-electron chi connectivity index (χ2n) is 4.14. The standard InChI is InChI=1S/C12H13ClO2S/c13-12-6-5-11(16-12)10(15)7-8-3-1-2-4-9(8)14/h5-6,8H,1-4,7H2. The molecule has 1 fully saturated rings. The van der Waals surface area contributed by atoms with Crippen LogP contribution < -0.4 is 0 Å². The van der Waals surface area contributed by atoms with Gasteiger partial charge in [0.2, 0.25) is 0 Å². The van der Waals surface area contributed by atoms with Crippen LogP contribution in [0.2, 0.25) is 4.34 Å². The van der Waals surface area contributed by atoms with Crippen LogP contribution in [0.1, 0.15) is 41.8 Å². The van der Waals surface area contributed by atoms with Gasteiger partial charge in [0, 0.05) is 18.8 Å². The Hall–Kier alpha value is -0.670. The van der Waals surface area contributed by atoms with Crippen LogP contribution in [-0.2, 0) is 4.79 Å². The van der Waals surface area contributed by atoms with Gasteiger partial charge in [-0.15, -0.1) is 11.3 Å². The molecule has 0 N–H and O–H groups in total. The maximum atomic E-state index is 11.9. The van der Waals surface area contributed by atoms with Crippen LogP contribution in [0.25, 0.3) is 0 Å². The maximum absolute atomic E-state index is 11.9. The molecule has 1 aromatic rings. The first-order valence-electron chi connectivity index (χ1n) is 5.48. The van der Waals surface area contributed by atoms with Gasteiger partial charge in [0.05, 0.1) is 9.21 Å². The minimum absolute atomic E-state index is 0.0529. The van der Waals surface area contributed by atoms with Gasteiger partial charge in [0.15, 0.2) is 5.78 Å². The van der Waals surface area contributed by atoms with Gasteiger partial charge >= 0.3 is 0 Å². The quantitative estimate of drug-likeness (QED) is 0.772. The van der Waals surface area contributed by atoms with Crippen molar-refractivity contribution in [2.24, 2.45) is 5.92 Å². The van der Waals surface area contributed by atoms with Crippen molar-refractivity contribution in [1.29, 1.82) is 0 Å². The van der Waals surface area contributed by atoms with Crippen LogP contribution >= 0.6 is 22.9 Å². The van der Waals surface area contributed by atoms with Crippen LogP contribution in [0.15, 0.2) is 12.1 Å². The number of carbonyl (C=O) groups is 2. The average molecular weight is 257 g/mol. The van der Waals surface area contributed by atoms with Gasteiger partial charge in [-0.2, -0.15) is 0 Å². The molecule has 86 valence electrons. The molecule has 0 bridgehead atoms. The van der Waals surface area contributed by atoms with Gasteiger partial charge in [-0.3, -0.25) is 9.59 Å². The highest BCUT2D eigenvalue weighted by Crippen LogP contribution is 2.28. The fourth-order valence-corrected chi connectivity index (χ4v) is 3.05. The molecule has 16 heavy (non-hydrogen) atoms. The highest BCUT2D eigenvalue weighted by Gasteiger charge is 2.25. The Morgan fingerprint density at radius 2 is 2.25 bits per heavy atom. The molecule has 1 aromatic heterocycles. The smallest absolute Gasteiger partial charge is 0.173 e. The lowest BCUT2D eigenvalue weighted by molar-refractivity contribution is -0.124. The predicted molar refractivity (Wildman–Crippen MR) is 65.2 cm³/mol. The van der Waals surface area contributed by atoms with Crippen molar-refractivity contribution in [1.82, 2.24) is 0 Å². The zero-order chi connectivity index (χ0) is 11.5. The number of Topliss-reactive ketones (excluding diaryl/α,β-unsaturated/α-hetero) is 2. The molecule has 2 nitrogen and oxygen atoms in total. The molecular weight excluding hydrogens is 244 g/mol. The SMILES string of the molecule is O=C(CC1CCCCC1=O)c1ccc(Cl)s1. The van der Waals surface area contributed by atoms with Gasteiger partial charge in [0.1, 0.15) is 5.78 Å². The van der Waals surface area contributed by atoms with E-state index in [0.717, 1.165) is 19.3 Å². The van der Waals surface area contributed by atoms with E-state index in [1.165, 1.54) is 11.3 Å². The molecule has 1 atom stereocenters. The monoisotopic (exact) mass is 256 g/mol. The zero-order valence-electron chi connectivity index (χ0n) is 8.87. The van der Waals surface area contributed by atoms with Crippen molar-refractivity contribution in [3.8, 4) is 0 Å². The fourth-order valence-electron chi connectivity index (χ4n) is 2.06. The maximum Gasteiger partial charge on any atom is 0.173 e. The summed E-state index contributed by atoms with van der Waals surface area (Å²) in [5, 5.41) is 0. The van der Waals surface area contributed by atoms with E-state index in [1.807, 2.05) is 0 Å². The van der Waals surface area contributed by atoms with E-state index < -0.39 is 0 Å². The molecule has 0 spiro atoms. The molecule has 0 saturated heterocycles. The largest absolute Gasteiger partial charge is 0.299 e. The topological polar surface area (TPSA) is 34.1 Å². The van der Waals surface area contributed by atoms with Crippen molar-refractivity contribution in [2.75, 3.05) is 0 Å². The summed E-state index contributed by atoms with van der Waals surface area (Å²) in [6.07, 6.45) is 3.91. The van der Waals surface area contributed by atoms with E-state index in [2.05, 4.69) is 0 Å². The van der Waals surface area contributed by atoms with E-state index in [0.29, 0.717) is 22.1 Å². The summed E-state index contributed by atoms with van der Waals surface area (Å²) in [7, 11) is 0. The molecular formula is C12H13ClO2S. The summed E-state index contributed by atoms with van der Waals surface area (Å²) >= 11 is 7.07. The Morgan fingerprint density at radius 1 is 1.44 bits per heavy atom.